The van der Waals surface area contributed by atoms with Gasteiger partial charge in [-0.2, -0.15) is 0 Å². The Balaban J connectivity index is 2.05. The third kappa shape index (κ3) is 5.96. The Labute approximate surface area is 210 Å². The van der Waals surface area contributed by atoms with E-state index < -0.39 is 23.8 Å². The SMILES string of the molecule is C=CCc1cc(/C=C2\C(=O)NC(=O)N(c3ccc(Br)cc3)C2=O)cc(OCC)c1OCC(=O)OC. The van der Waals surface area contributed by atoms with E-state index in [9.17, 15) is 19.2 Å². The van der Waals surface area contributed by atoms with Crippen LogP contribution in [0.2, 0.25) is 0 Å². The molecule has 182 valence electrons. The average Bonchev–Trinajstić information content (AvgIpc) is 2.82. The molecule has 3 rings (SSSR count). The number of urea groups is 1. The number of rotatable bonds is 9. The third-order valence-electron chi connectivity index (χ3n) is 4.88. The lowest BCUT2D eigenvalue weighted by Crippen LogP contribution is -2.54. The second kappa shape index (κ2) is 11.5. The van der Waals surface area contributed by atoms with Crippen LogP contribution in [0.25, 0.3) is 6.08 Å². The number of hydrogen-bond acceptors (Lipinski definition) is 7. The number of amides is 4. The summed E-state index contributed by atoms with van der Waals surface area (Å²) in [4.78, 5) is 50.6. The van der Waals surface area contributed by atoms with Crippen LogP contribution in [0.1, 0.15) is 18.1 Å². The molecule has 10 heteroatoms. The molecule has 0 aliphatic carbocycles. The number of imide groups is 2. The van der Waals surface area contributed by atoms with E-state index in [1.807, 2.05) is 0 Å². The summed E-state index contributed by atoms with van der Waals surface area (Å²) in [5, 5.41) is 2.20. The van der Waals surface area contributed by atoms with E-state index in [0.29, 0.717) is 41.3 Å². The molecule has 0 unspecified atom stereocenters. The Hall–Kier alpha value is -3.92. The summed E-state index contributed by atoms with van der Waals surface area (Å²) in [7, 11) is 1.25. The first-order chi connectivity index (χ1) is 16.8. The molecule has 0 bridgehead atoms. The van der Waals surface area contributed by atoms with Crippen molar-refractivity contribution >= 4 is 51.5 Å². The Morgan fingerprint density at radius 3 is 2.49 bits per heavy atom. The van der Waals surface area contributed by atoms with Crippen LogP contribution < -0.4 is 19.7 Å². The largest absolute Gasteiger partial charge is 0.490 e. The predicted octanol–water partition coefficient (Wildman–Crippen LogP) is 3.79. The smallest absolute Gasteiger partial charge is 0.343 e. The minimum Gasteiger partial charge on any atom is -0.490 e. The summed E-state index contributed by atoms with van der Waals surface area (Å²) < 4.78 is 16.7. The van der Waals surface area contributed by atoms with Gasteiger partial charge in [0.05, 0.1) is 19.4 Å². The summed E-state index contributed by atoms with van der Waals surface area (Å²) in [6.07, 6.45) is 3.37. The molecular formula is C25H23BrN2O7. The first kappa shape index (κ1) is 25.7. The molecule has 35 heavy (non-hydrogen) atoms. The van der Waals surface area contributed by atoms with Crippen molar-refractivity contribution in [2.75, 3.05) is 25.2 Å². The fourth-order valence-electron chi connectivity index (χ4n) is 3.34. The van der Waals surface area contributed by atoms with Gasteiger partial charge in [0.2, 0.25) is 0 Å². The standard InChI is InChI=1S/C25H23BrN2O7/c1-4-6-16-11-15(13-20(34-5-2)22(16)35-14-21(29)33-3)12-19-23(30)27-25(32)28(24(19)31)18-9-7-17(26)8-10-18/h4,7-13H,1,5-6,14H2,2-3H3,(H,27,30,32)/b19-12+. The molecule has 0 atom stereocenters. The van der Waals surface area contributed by atoms with E-state index in [4.69, 9.17) is 9.47 Å². The molecule has 1 N–H and O–H groups in total. The van der Waals surface area contributed by atoms with E-state index in [1.54, 1.807) is 49.4 Å². The van der Waals surface area contributed by atoms with Gasteiger partial charge in [-0.05, 0) is 61.4 Å². The van der Waals surface area contributed by atoms with Crippen molar-refractivity contribution in [2.45, 2.75) is 13.3 Å². The van der Waals surface area contributed by atoms with E-state index in [0.717, 1.165) is 9.37 Å². The number of nitrogens with one attached hydrogen (secondary N) is 1. The molecule has 9 nitrogen and oxygen atoms in total. The molecule has 0 radical (unpaired) electrons. The van der Waals surface area contributed by atoms with Gasteiger partial charge in [-0.1, -0.05) is 22.0 Å². The van der Waals surface area contributed by atoms with E-state index >= 15 is 0 Å². The summed E-state index contributed by atoms with van der Waals surface area (Å²) in [6, 6.07) is 8.95. The Morgan fingerprint density at radius 2 is 1.86 bits per heavy atom. The maximum absolute atomic E-state index is 13.2. The van der Waals surface area contributed by atoms with Crippen molar-refractivity contribution in [1.82, 2.24) is 5.32 Å². The summed E-state index contributed by atoms with van der Waals surface area (Å²) in [6.45, 7) is 5.49. The molecule has 2 aromatic rings. The van der Waals surface area contributed by atoms with Crippen LogP contribution in [0.5, 0.6) is 11.5 Å². The number of carbonyl (C=O) groups is 4. The minimum atomic E-state index is -0.839. The first-order valence-electron chi connectivity index (χ1n) is 10.6. The molecule has 1 heterocycles. The lowest BCUT2D eigenvalue weighted by molar-refractivity contribution is -0.143. The highest BCUT2D eigenvalue weighted by Crippen LogP contribution is 2.35. The highest BCUT2D eigenvalue weighted by molar-refractivity contribution is 9.10. The zero-order valence-corrected chi connectivity index (χ0v) is 20.7. The van der Waals surface area contributed by atoms with E-state index in [2.05, 4.69) is 32.6 Å². The molecule has 1 saturated heterocycles. The fraction of sp³-hybridized carbons (Fsp3) is 0.200. The Bertz CT molecular complexity index is 1210. The van der Waals surface area contributed by atoms with Crippen LogP contribution in [-0.4, -0.2) is 44.1 Å². The number of methoxy groups -OCH3 is 1. The number of hydrogen-bond donors (Lipinski definition) is 1. The third-order valence-corrected chi connectivity index (χ3v) is 5.41. The highest BCUT2D eigenvalue weighted by atomic mass is 79.9. The molecule has 0 saturated carbocycles. The molecule has 0 spiro atoms. The molecule has 1 aliphatic heterocycles. The molecule has 2 aromatic carbocycles. The number of carbonyl (C=O) groups excluding carboxylic acids is 4. The number of benzene rings is 2. The van der Waals surface area contributed by atoms with Gasteiger partial charge in [-0.25, -0.2) is 14.5 Å². The molecular weight excluding hydrogens is 520 g/mol. The van der Waals surface area contributed by atoms with Gasteiger partial charge in [0.25, 0.3) is 11.8 Å². The fourth-order valence-corrected chi connectivity index (χ4v) is 3.60. The van der Waals surface area contributed by atoms with Crippen molar-refractivity contribution in [3.63, 3.8) is 0 Å². The number of halogens is 1. The first-order valence-corrected chi connectivity index (χ1v) is 11.4. The summed E-state index contributed by atoms with van der Waals surface area (Å²) in [5.74, 6) is -1.51. The monoisotopic (exact) mass is 542 g/mol. The van der Waals surface area contributed by atoms with Crippen molar-refractivity contribution in [3.05, 3.63) is 70.2 Å². The van der Waals surface area contributed by atoms with Gasteiger partial charge in [-0.3, -0.25) is 14.9 Å². The predicted molar refractivity (Wildman–Crippen MR) is 132 cm³/mol. The average molecular weight is 543 g/mol. The molecule has 1 aliphatic rings. The quantitative estimate of drug-likeness (QED) is 0.222. The van der Waals surface area contributed by atoms with Crippen LogP contribution >= 0.6 is 15.9 Å². The van der Waals surface area contributed by atoms with Crippen molar-refractivity contribution in [3.8, 4) is 11.5 Å². The lowest BCUT2D eigenvalue weighted by Gasteiger charge is -2.26. The highest BCUT2D eigenvalue weighted by Gasteiger charge is 2.36. The van der Waals surface area contributed by atoms with Gasteiger partial charge in [0.15, 0.2) is 18.1 Å². The van der Waals surface area contributed by atoms with Gasteiger partial charge in [0, 0.05) is 10.0 Å². The molecule has 4 amide bonds. The van der Waals surface area contributed by atoms with Crippen LogP contribution in [0.4, 0.5) is 10.5 Å². The maximum atomic E-state index is 13.2. The molecule has 0 aromatic heterocycles. The zero-order valence-electron chi connectivity index (χ0n) is 19.1. The summed E-state index contributed by atoms with van der Waals surface area (Å²) >= 11 is 3.31. The van der Waals surface area contributed by atoms with Gasteiger partial charge in [0.1, 0.15) is 5.57 Å². The number of ether oxygens (including phenoxy) is 3. The van der Waals surface area contributed by atoms with E-state index in [1.165, 1.54) is 13.2 Å². The minimum absolute atomic E-state index is 0.234. The van der Waals surface area contributed by atoms with Crippen LogP contribution in [0.15, 0.2) is 59.1 Å². The van der Waals surface area contributed by atoms with E-state index in [-0.39, 0.29) is 12.2 Å². The Morgan fingerprint density at radius 1 is 1.14 bits per heavy atom. The number of nitrogens with zero attached hydrogens (tertiary/aromatic N) is 1. The van der Waals surface area contributed by atoms with Gasteiger partial charge in [-0.15, -0.1) is 6.58 Å². The topological polar surface area (TPSA) is 111 Å². The normalized spacial score (nSPS) is 14.5. The summed E-state index contributed by atoms with van der Waals surface area (Å²) in [5.41, 5.74) is 1.15. The number of allylic oxidation sites excluding steroid dienone is 1. The zero-order chi connectivity index (χ0) is 25.5. The number of barbiturate groups is 1. The molecule has 1 fully saturated rings. The number of anilines is 1. The van der Waals surface area contributed by atoms with Gasteiger partial charge < -0.3 is 14.2 Å². The number of esters is 1. The second-order valence-corrected chi connectivity index (χ2v) is 8.15. The Kier molecular flexibility index (Phi) is 8.43. The van der Waals surface area contributed by atoms with Crippen LogP contribution in [0, 0.1) is 0 Å². The van der Waals surface area contributed by atoms with Crippen LogP contribution in [0.3, 0.4) is 0 Å². The maximum Gasteiger partial charge on any atom is 0.343 e. The van der Waals surface area contributed by atoms with Crippen molar-refractivity contribution in [2.24, 2.45) is 0 Å². The van der Waals surface area contributed by atoms with Crippen molar-refractivity contribution < 1.29 is 33.4 Å². The van der Waals surface area contributed by atoms with Crippen molar-refractivity contribution in [1.29, 1.82) is 0 Å². The van der Waals surface area contributed by atoms with Gasteiger partial charge >= 0.3 is 12.0 Å². The lowest BCUT2D eigenvalue weighted by atomic mass is 10.0. The second-order valence-electron chi connectivity index (χ2n) is 7.23. The van der Waals surface area contributed by atoms with Crippen LogP contribution in [-0.2, 0) is 25.5 Å².